The van der Waals surface area contributed by atoms with Crippen molar-refractivity contribution < 1.29 is 4.79 Å². The Bertz CT molecular complexity index is 274. The summed E-state index contributed by atoms with van der Waals surface area (Å²) < 4.78 is 0. The van der Waals surface area contributed by atoms with Crippen molar-refractivity contribution in [2.75, 3.05) is 13.6 Å². The number of urea groups is 1. The van der Waals surface area contributed by atoms with Crippen LogP contribution < -0.4 is 11.1 Å². The smallest absolute Gasteiger partial charge is 0.317 e. The zero-order valence-electron chi connectivity index (χ0n) is 10.1. The van der Waals surface area contributed by atoms with Crippen molar-refractivity contribution in [2.45, 2.75) is 44.6 Å². The molecule has 0 heterocycles. The van der Waals surface area contributed by atoms with Crippen molar-refractivity contribution >= 4 is 23.2 Å². The molecule has 92 valence electrons. The zero-order chi connectivity index (χ0) is 12.2. The number of nitrogens with two attached hydrogens (primary N) is 1. The molecule has 0 atom stereocenters. The average Bonchev–Trinajstić information content (AvgIpc) is 2.28. The number of hydrogen-bond acceptors (Lipinski definition) is 2. The van der Waals surface area contributed by atoms with Crippen LogP contribution in [0.1, 0.15) is 39.0 Å². The number of hydrogen-bond donors (Lipinski definition) is 2. The van der Waals surface area contributed by atoms with Gasteiger partial charge in [0.1, 0.15) is 0 Å². The third-order valence-electron chi connectivity index (χ3n) is 3.35. The van der Waals surface area contributed by atoms with Crippen LogP contribution in [0, 0.1) is 0 Å². The highest BCUT2D eigenvalue weighted by Crippen LogP contribution is 2.28. The number of amides is 2. The van der Waals surface area contributed by atoms with Gasteiger partial charge in [-0.25, -0.2) is 4.79 Å². The molecule has 1 fully saturated rings. The summed E-state index contributed by atoms with van der Waals surface area (Å²) in [6.07, 6.45) is 5.09. The predicted octanol–water partition coefficient (Wildman–Crippen LogP) is 1.64. The number of rotatable bonds is 3. The maximum Gasteiger partial charge on any atom is 0.317 e. The van der Waals surface area contributed by atoms with E-state index in [1.165, 1.54) is 6.42 Å². The molecular weight excluding hydrogens is 222 g/mol. The minimum absolute atomic E-state index is 0.0859. The summed E-state index contributed by atoms with van der Waals surface area (Å²) in [5.74, 6) is 0. The number of carbonyl (C=O) groups is 1. The van der Waals surface area contributed by atoms with Gasteiger partial charge in [0.2, 0.25) is 0 Å². The van der Waals surface area contributed by atoms with Crippen molar-refractivity contribution in [1.82, 2.24) is 10.2 Å². The Morgan fingerprint density at radius 2 is 2.00 bits per heavy atom. The molecule has 0 spiro atoms. The minimum Gasteiger partial charge on any atom is -0.391 e. The molecule has 1 saturated carbocycles. The highest BCUT2D eigenvalue weighted by Gasteiger charge is 2.36. The first kappa shape index (κ1) is 13.2. The molecule has 1 rings (SSSR count). The lowest BCUT2D eigenvalue weighted by atomic mass is 9.81. The predicted molar refractivity (Wildman–Crippen MR) is 69.4 cm³/mol. The number of nitrogens with zero attached hydrogens (tertiary/aromatic N) is 1. The van der Waals surface area contributed by atoms with Crippen molar-refractivity contribution in [1.29, 1.82) is 0 Å². The fraction of sp³-hybridized carbons (Fsp3) is 0.818. The van der Waals surface area contributed by atoms with Crippen LogP contribution in [0.4, 0.5) is 4.79 Å². The summed E-state index contributed by atoms with van der Waals surface area (Å²) in [4.78, 5) is 13.9. The fourth-order valence-corrected chi connectivity index (χ4v) is 2.29. The van der Waals surface area contributed by atoms with E-state index >= 15 is 0 Å². The van der Waals surface area contributed by atoms with Gasteiger partial charge in [-0.15, -0.1) is 0 Å². The first-order valence-electron chi connectivity index (χ1n) is 5.85. The lowest BCUT2D eigenvalue weighted by Gasteiger charge is -2.38. The summed E-state index contributed by atoms with van der Waals surface area (Å²) in [6.45, 7) is 2.62. The minimum atomic E-state index is -0.450. The summed E-state index contributed by atoms with van der Waals surface area (Å²) in [5, 5.41) is 3.00. The summed E-state index contributed by atoms with van der Waals surface area (Å²) in [7, 11) is 1.77. The molecule has 2 amide bonds. The summed E-state index contributed by atoms with van der Waals surface area (Å²) >= 11 is 5.11. The topological polar surface area (TPSA) is 58.4 Å². The Hall–Kier alpha value is -0.840. The van der Waals surface area contributed by atoms with Gasteiger partial charge in [-0.05, 0) is 19.8 Å². The fourth-order valence-electron chi connectivity index (χ4n) is 2.03. The van der Waals surface area contributed by atoms with Gasteiger partial charge in [0, 0.05) is 13.6 Å². The highest BCUT2D eigenvalue weighted by atomic mass is 32.1. The molecule has 0 aromatic heterocycles. The molecule has 16 heavy (non-hydrogen) atoms. The van der Waals surface area contributed by atoms with Gasteiger partial charge in [0.15, 0.2) is 0 Å². The van der Waals surface area contributed by atoms with Crippen LogP contribution in [-0.2, 0) is 0 Å². The first-order valence-corrected chi connectivity index (χ1v) is 6.26. The normalized spacial score (nSPS) is 18.9. The highest BCUT2D eigenvalue weighted by molar-refractivity contribution is 7.80. The van der Waals surface area contributed by atoms with Crippen molar-refractivity contribution in [3.63, 3.8) is 0 Å². The molecule has 0 bridgehead atoms. The molecule has 0 unspecified atom stereocenters. The van der Waals surface area contributed by atoms with E-state index in [1.54, 1.807) is 11.9 Å². The van der Waals surface area contributed by atoms with Gasteiger partial charge in [-0.3, -0.25) is 0 Å². The molecule has 0 aliphatic heterocycles. The second kappa shape index (κ2) is 5.48. The molecule has 0 saturated heterocycles. The van der Waals surface area contributed by atoms with E-state index < -0.39 is 5.54 Å². The zero-order valence-corrected chi connectivity index (χ0v) is 10.9. The third kappa shape index (κ3) is 2.84. The Labute approximate surface area is 103 Å². The quantitative estimate of drug-likeness (QED) is 0.741. The van der Waals surface area contributed by atoms with Crippen molar-refractivity contribution in [2.24, 2.45) is 5.73 Å². The Morgan fingerprint density at radius 1 is 1.44 bits per heavy atom. The molecular formula is C11H21N3OS. The maximum atomic E-state index is 11.9. The molecule has 0 radical (unpaired) electrons. The molecule has 5 heteroatoms. The van der Waals surface area contributed by atoms with Gasteiger partial charge >= 0.3 is 6.03 Å². The third-order valence-corrected chi connectivity index (χ3v) is 3.74. The molecule has 1 aliphatic carbocycles. The Kier molecular flexibility index (Phi) is 4.53. The largest absolute Gasteiger partial charge is 0.391 e. The van der Waals surface area contributed by atoms with Crippen LogP contribution in [0.25, 0.3) is 0 Å². The van der Waals surface area contributed by atoms with Crippen LogP contribution in [0.3, 0.4) is 0 Å². The Morgan fingerprint density at radius 3 is 2.44 bits per heavy atom. The second-order valence-corrected chi connectivity index (χ2v) is 4.89. The van der Waals surface area contributed by atoms with Gasteiger partial charge in [-0.1, -0.05) is 31.5 Å². The molecule has 0 aromatic carbocycles. The van der Waals surface area contributed by atoms with Crippen LogP contribution in [0.15, 0.2) is 0 Å². The average molecular weight is 243 g/mol. The van der Waals surface area contributed by atoms with E-state index in [-0.39, 0.29) is 6.03 Å². The van der Waals surface area contributed by atoms with E-state index in [4.69, 9.17) is 18.0 Å². The SMILES string of the molecule is CCN(C)C(=O)NC1(C(N)=S)CCCCC1. The summed E-state index contributed by atoms with van der Waals surface area (Å²) in [5.41, 5.74) is 5.34. The summed E-state index contributed by atoms with van der Waals surface area (Å²) in [6, 6.07) is -0.0859. The second-order valence-electron chi connectivity index (χ2n) is 4.45. The lowest BCUT2D eigenvalue weighted by molar-refractivity contribution is 0.195. The molecule has 3 N–H and O–H groups in total. The van der Waals surface area contributed by atoms with Crippen LogP contribution >= 0.6 is 12.2 Å². The molecule has 1 aliphatic rings. The van der Waals surface area contributed by atoms with E-state index in [1.807, 2.05) is 6.92 Å². The molecule has 4 nitrogen and oxygen atoms in total. The van der Waals surface area contributed by atoms with Crippen molar-refractivity contribution in [3.8, 4) is 0 Å². The maximum absolute atomic E-state index is 11.9. The monoisotopic (exact) mass is 243 g/mol. The van der Waals surface area contributed by atoms with E-state index in [2.05, 4.69) is 5.32 Å². The van der Waals surface area contributed by atoms with Gasteiger partial charge in [0.25, 0.3) is 0 Å². The standard InChI is InChI=1S/C11H21N3OS/c1-3-14(2)10(15)13-11(9(12)16)7-5-4-6-8-11/h3-8H2,1-2H3,(H2,12,16)(H,13,15). The molecule has 0 aromatic rings. The van der Waals surface area contributed by atoms with Crippen molar-refractivity contribution in [3.05, 3.63) is 0 Å². The van der Waals surface area contributed by atoms with Crippen LogP contribution in [0.5, 0.6) is 0 Å². The van der Waals surface area contributed by atoms with Gasteiger partial charge in [-0.2, -0.15) is 0 Å². The number of thiocarbonyl (C=S) groups is 1. The lowest BCUT2D eigenvalue weighted by Crippen LogP contribution is -2.59. The van der Waals surface area contributed by atoms with Crippen LogP contribution in [0.2, 0.25) is 0 Å². The van der Waals surface area contributed by atoms with Gasteiger partial charge in [0.05, 0.1) is 10.5 Å². The van der Waals surface area contributed by atoms with Crippen LogP contribution in [-0.4, -0.2) is 35.1 Å². The number of carbonyl (C=O) groups excluding carboxylic acids is 1. The first-order chi connectivity index (χ1) is 7.52. The van der Waals surface area contributed by atoms with E-state index in [9.17, 15) is 4.79 Å². The van der Waals surface area contributed by atoms with E-state index in [0.29, 0.717) is 11.5 Å². The Balaban J connectivity index is 2.71. The van der Waals surface area contributed by atoms with E-state index in [0.717, 1.165) is 25.7 Å². The number of nitrogens with one attached hydrogen (secondary N) is 1. The van der Waals surface area contributed by atoms with Gasteiger partial charge < -0.3 is 16.0 Å².